The van der Waals surface area contributed by atoms with Gasteiger partial charge in [-0.3, -0.25) is 14.6 Å². The Bertz CT molecular complexity index is 764. The molecule has 6 nitrogen and oxygen atoms in total. The fraction of sp³-hybridized carbons (Fsp3) is 0.350. The van der Waals surface area contributed by atoms with Gasteiger partial charge in [0.05, 0.1) is 12.7 Å². The van der Waals surface area contributed by atoms with Crippen molar-refractivity contribution in [2.24, 2.45) is 5.92 Å². The lowest BCUT2D eigenvalue weighted by molar-refractivity contribution is -0.122. The molecule has 26 heavy (non-hydrogen) atoms. The van der Waals surface area contributed by atoms with Crippen LogP contribution in [0.5, 0.6) is 5.75 Å². The molecule has 6 heteroatoms. The highest BCUT2D eigenvalue weighted by Crippen LogP contribution is 2.25. The molecule has 2 heterocycles. The van der Waals surface area contributed by atoms with Gasteiger partial charge in [-0.25, -0.2) is 0 Å². The summed E-state index contributed by atoms with van der Waals surface area (Å²) in [6.07, 6.45) is 4.68. The predicted molar refractivity (Wildman–Crippen MR) is 97.7 cm³/mol. The number of nitrogens with zero attached hydrogens (tertiary/aromatic N) is 2. The van der Waals surface area contributed by atoms with Crippen LogP contribution in [0.2, 0.25) is 0 Å². The fourth-order valence-electron chi connectivity index (χ4n) is 3.21. The van der Waals surface area contributed by atoms with Crippen LogP contribution in [0.15, 0.2) is 48.8 Å². The Balaban J connectivity index is 1.50. The molecule has 136 valence electrons. The highest BCUT2D eigenvalue weighted by atomic mass is 16.5. The zero-order valence-corrected chi connectivity index (χ0v) is 14.9. The van der Waals surface area contributed by atoms with Gasteiger partial charge in [0.25, 0.3) is 5.91 Å². The van der Waals surface area contributed by atoms with Crippen LogP contribution in [0.1, 0.15) is 28.8 Å². The predicted octanol–water partition coefficient (Wildman–Crippen LogP) is 2.26. The van der Waals surface area contributed by atoms with Crippen molar-refractivity contribution in [2.75, 3.05) is 20.2 Å². The number of benzene rings is 1. The Morgan fingerprint density at radius 1 is 1.23 bits per heavy atom. The molecule has 0 radical (unpaired) electrons. The third-order valence-corrected chi connectivity index (χ3v) is 4.62. The van der Waals surface area contributed by atoms with E-state index in [0.717, 1.165) is 12.0 Å². The summed E-state index contributed by atoms with van der Waals surface area (Å²) in [5.74, 6) is 0.739. The molecular weight excluding hydrogens is 330 g/mol. The Morgan fingerprint density at radius 2 is 2.00 bits per heavy atom. The van der Waals surface area contributed by atoms with Gasteiger partial charge in [0.1, 0.15) is 5.75 Å². The van der Waals surface area contributed by atoms with Crippen LogP contribution < -0.4 is 10.1 Å². The molecule has 1 saturated heterocycles. The first-order valence-electron chi connectivity index (χ1n) is 8.75. The molecule has 1 aromatic heterocycles. The topological polar surface area (TPSA) is 71.5 Å². The zero-order valence-electron chi connectivity index (χ0n) is 14.9. The van der Waals surface area contributed by atoms with Crippen LogP contribution in [0.4, 0.5) is 0 Å². The number of amides is 2. The van der Waals surface area contributed by atoms with Gasteiger partial charge in [-0.05, 0) is 42.2 Å². The number of pyridine rings is 1. The molecule has 0 bridgehead atoms. The van der Waals surface area contributed by atoms with Gasteiger partial charge in [0, 0.05) is 38.4 Å². The van der Waals surface area contributed by atoms with E-state index in [4.69, 9.17) is 4.74 Å². The van der Waals surface area contributed by atoms with Gasteiger partial charge in [-0.2, -0.15) is 0 Å². The molecular formula is C20H23N3O3. The first-order valence-corrected chi connectivity index (χ1v) is 8.75. The maximum atomic E-state index is 12.7. The number of hydrogen-bond acceptors (Lipinski definition) is 4. The minimum atomic E-state index is -0.0397. The summed E-state index contributed by atoms with van der Waals surface area (Å²) < 4.78 is 5.28. The minimum Gasteiger partial charge on any atom is -0.496 e. The molecule has 0 saturated carbocycles. The van der Waals surface area contributed by atoms with Gasteiger partial charge in [-0.1, -0.05) is 12.1 Å². The molecule has 1 N–H and O–H groups in total. The maximum absolute atomic E-state index is 12.7. The van der Waals surface area contributed by atoms with Crippen LogP contribution in [0, 0.1) is 5.92 Å². The second kappa shape index (κ2) is 8.47. The summed E-state index contributed by atoms with van der Waals surface area (Å²) in [5, 5.41) is 2.93. The van der Waals surface area contributed by atoms with Crippen molar-refractivity contribution in [3.05, 3.63) is 59.9 Å². The number of likely N-dealkylation sites (tertiary alicyclic amines) is 1. The van der Waals surface area contributed by atoms with E-state index in [1.807, 2.05) is 24.3 Å². The number of para-hydroxylation sites is 1. The summed E-state index contributed by atoms with van der Waals surface area (Å²) in [7, 11) is 1.56. The summed E-state index contributed by atoms with van der Waals surface area (Å²) in [6.45, 7) is 1.76. The van der Waals surface area contributed by atoms with Crippen LogP contribution in [0.3, 0.4) is 0 Å². The van der Waals surface area contributed by atoms with Crippen molar-refractivity contribution in [2.45, 2.75) is 19.4 Å². The normalized spacial score (nSPS) is 16.3. The smallest absolute Gasteiger partial charge is 0.257 e. The molecule has 0 aliphatic carbocycles. The van der Waals surface area contributed by atoms with Gasteiger partial charge in [0.15, 0.2) is 0 Å². The molecule has 2 aromatic rings. The Hall–Kier alpha value is -2.89. The number of ether oxygens (including phenoxy) is 1. The minimum absolute atomic E-state index is 0.0124. The van der Waals surface area contributed by atoms with E-state index in [-0.39, 0.29) is 17.7 Å². The zero-order chi connectivity index (χ0) is 18.4. The lowest BCUT2D eigenvalue weighted by atomic mass is 10.0. The van der Waals surface area contributed by atoms with Crippen LogP contribution in [-0.2, 0) is 11.3 Å². The molecule has 1 aliphatic heterocycles. The molecule has 2 amide bonds. The van der Waals surface area contributed by atoms with E-state index in [0.29, 0.717) is 37.4 Å². The Morgan fingerprint density at radius 3 is 2.77 bits per heavy atom. The van der Waals surface area contributed by atoms with Crippen LogP contribution in [-0.4, -0.2) is 41.9 Å². The maximum Gasteiger partial charge on any atom is 0.257 e. The average Bonchev–Trinajstić information content (AvgIpc) is 3.15. The standard InChI is InChI=1S/C20H23N3O3/c1-26-18-5-3-2-4-17(18)20(25)23-11-8-16(14-23)12-19(24)22-13-15-6-9-21-10-7-15/h2-7,9-10,16H,8,11-14H2,1H3,(H,22,24). The summed E-state index contributed by atoms with van der Waals surface area (Å²) in [6, 6.07) is 11.0. The highest BCUT2D eigenvalue weighted by Gasteiger charge is 2.29. The van der Waals surface area contributed by atoms with Crippen molar-refractivity contribution in [1.29, 1.82) is 0 Å². The summed E-state index contributed by atoms with van der Waals surface area (Å²) >= 11 is 0. The quantitative estimate of drug-likeness (QED) is 0.865. The summed E-state index contributed by atoms with van der Waals surface area (Å²) in [4.78, 5) is 30.6. The van der Waals surface area contributed by atoms with E-state index in [1.54, 1.807) is 36.5 Å². The first kappa shape index (κ1) is 17.9. The second-order valence-electron chi connectivity index (χ2n) is 6.44. The number of nitrogens with one attached hydrogen (secondary N) is 1. The number of carbonyl (C=O) groups excluding carboxylic acids is 2. The van der Waals surface area contributed by atoms with Crippen molar-refractivity contribution < 1.29 is 14.3 Å². The first-order chi connectivity index (χ1) is 12.7. The van der Waals surface area contributed by atoms with Crippen molar-refractivity contribution >= 4 is 11.8 Å². The molecule has 0 spiro atoms. The van der Waals surface area contributed by atoms with E-state index >= 15 is 0 Å². The lowest BCUT2D eigenvalue weighted by Gasteiger charge is -2.18. The van der Waals surface area contributed by atoms with Crippen LogP contribution >= 0.6 is 0 Å². The lowest BCUT2D eigenvalue weighted by Crippen LogP contribution is -2.30. The Labute approximate surface area is 153 Å². The third-order valence-electron chi connectivity index (χ3n) is 4.62. The number of carbonyl (C=O) groups is 2. The SMILES string of the molecule is COc1ccccc1C(=O)N1CCC(CC(=O)NCc2ccncc2)C1. The molecule has 1 atom stereocenters. The molecule has 1 aliphatic rings. The average molecular weight is 353 g/mol. The van der Waals surface area contributed by atoms with Gasteiger partial charge in [-0.15, -0.1) is 0 Å². The number of rotatable bonds is 6. The molecule has 1 aromatic carbocycles. The molecule has 1 fully saturated rings. The van der Waals surface area contributed by atoms with Gasteiger partial charge >= 0.3 is 0 Å². The van der Waals surface area contributed by atoms with Gasteiger partial charge in [0.2, 0.25) is 5.91 Å². The Kier molecular flexibility index (Phi) is 5.84. The highest BCUT2D eigenvalue weighted by molar-refractivity contribution is 5.97. The van der Waals surface area contributed by atoms with E-state index in [1.165, 1.54) is 0 Å². The van der Waals surface area contributed by atoms with Crippen molar-refractivity contribution in [1.82, 2.24) is 15.2 Å². The largest absolute Gasteiger partial charge is 0.496 e. The van der Waals surface area contributed by atoms with E-state index in [9.17, 15) is 9.59 Å². The van der Waals surface area contributed by atoms with E-state index < -0.39 is 0 Å². The van der Waals surface area contributed by atoms with E-state index in [2.05, 4.69) is 10.3 Å². The number of aromatic nitrogens is 1. The third kappa shape index (κ3) is 4.39. The van der Waals surface area contributed by atoms with Crippen molar-refractivity contribution in [3.63, 3.8) is 0 Å². The number of hydrogen-bond donors (Lipinski definition) is 1. The van der Waals surface area contributed by atoms with Gasteiger partial charge < -0.3 is 15.0 Å². The molecule has 3 rings (SSSR count). The second-order valence-corrected chi connectivity index (χ2v) is 6.44. The fourth-order valence-corrected chi connectivity index (χ4v) is 3.21. The van der Waals surface area contributed by atoms with Crippen molar-refractivity contribution in [3.8, 4) is 5.75 Å². The summed E-state index contributed by atoms with van der Waals surface area (Å²) in [5.41, 5.74) is 1.59. The van der Waals surface area contributed by atoms with Crippen LogP contribution in [0.25, 0.3) is 0 Å². The monoisotopic (exact) mass is 353 g/mol. The number of methoxy groups -OCH3 is 1. The molecule has 1 unspecified atom stereocenters.